The standard InChI is InChI=1S/C30H44O4/c1-18-7-9-22(34-25(18)31)19(2)20-11-13-27(5)21(20)8-10-24-28(27,6)14-12-23-26(3,4)30(32)16-15-29(23,24)17-33-30/h7,20-24,32H,2,8-17H2,1,3-6H3/t20?,21?,22?,23?,24?,27-,28-,29-,30+/m1/s1. The molecule has 0 aromatic heterocycles. The highest BCUT2D eigenvalue weighted by atomic mass is 16.6. The molecule has 188 valence electrons. The average molecular weight is 469 g/mol. The molecule has 5 unspecified atom stereocenters. The first kappa shape index (κ1) is 23.3. The van der Waals surface area contributed by atoms with E-state index < -0.39 is 5.79 Å². The van der Waals surface area contributed by atoms with Gasteiger partial charge in [-0.1, -0.05) is 40.3 Å². The topological polar surface area (TPSA) is 55.8 Å². The molecule has 4 saturated carbocycles. The minimum atomic E-state index is -0.950. The van der Waals surface area contributed by atoms with E-state index in [1.54, 1.807) is 0 Å². The van der Waals surface area contributed by atoms with Gasteiger partial charge in [-0.15, -0.1) is 0 Å². The predicted octanol–water partition coefficient (Wildman–Crippen LogP) is 6.19. The first-order valence-corrected chi connectivity index (χ1v) is 13.8. The largest absolute Gasteiger partial charge is 0.454 e. The summed E-state index contributed by atoms with van der Waals surface area (Å²) in [5, 5.41) is 11.3. The van der Waals surface area contributed by atoms with Gasteiger partial charge in [0.1, 0.15) is 6.10 Å². The summed E-state index contributed by atoms with van der Waals surface area (Å²) in [5.74, 6) is 1.11. The van der Waals surface area contributed by atoms with E-state index in [4.69, 9.17) is 9.47 Å². The summed E-state index contributed by atoms with van der Waals surface area (Å²) in [6.45, 7) is 16.8. The molecule has 7 rings (SSSR count). The van der Waals surface area contributed by atoms with Crippen molar-refractivity contribution in [2.75, 3.05) is 6.61 Å². The van der Waals surface area contributed by atoms with Gasteiger partial charge in [0.05, 0.1) is 6.61 Å². The number of rotatable bonds is 2. The van der Waals surface area contributed by atoms with Crippen LogP contribution < -0.4 is 0 Å². The van der Waals surface area contributed by atoms with Gasteiger partial charge in [-0.3, -0.25) is 0 Å². The monoisotopic (exact) mass is 468 g/mol. The molecule has 0 amide bonds. The summed E-state index contributed by atoms with van der Waals surface area (Å²) in [7, 11) is 0. The molecule has 3 heterocycles. The molecule has 1 N–H and O–H groups in total. The van der Waals surface area contributed by atoms with Crippen LogP contribution in [0.25, 0.3) is 0 Å². The van der Waals surface area contributed by atoms with Crippen molar-refractivity contribution in [2.45, 2.75) is 104 Å². The van der Waals surface area contributed by atoms with Crippen molar-refractivity contribution in [3.05, 3.63) is 23.8 Å². The fourth-order valence-electron chi connectivity index (χ4n) is 10.7. The van der Waals surface area contributed by atoms with Crippen LogP contribution in [0.15, 0.2) is 23.8 Å². The molecule has 3 aliphatic heterocycles. The number of esters is 1. The zero-order chi connectivity index (χ0) is 24.3. The number of ether oxygens (including phenoxy) is 2. The van der Waals surface area contributed by atoms with E-state index in [1.807, 2.05) is 13.0 Å². The molecule has 6 fully saturated rings. The molecule has 9 atom stereocenters. The molecule has 0 aromatic rings. The predicted molar refractivity (Wildman–Crippen MR) is 132 cm³/mol. The maximum absolute atomic E-state index is 12.2. The second-order valence-electron chi connectivity index (χ2n) is 13.9. The van der Waals surface area contributed by atoms with E-state index in [1.165, 1.54) is 32.1 Å². The van der Waals surface area contributed by atoms with Crippen LogP contribution in [0.1, 0.15) is 92.4 Å². The van der Waals surface area contributed by atoms with Gasteiger partial charge in [0, 0.05) is 29.2 Å². The van der Waals surface area contributed by atoms with Crippen molar-refractivity contribution in [3.63, 3.8) is 0 Å². The summed E-state index contributed by atoms with van der Waals surface area (Å²) >= 11 is 0. The lowest BCUT2D eigenvalue weighted by Crippen LogP contribution is -2.73. The Labute approximate surface area is 205 Å². The summed E-state index contributed by atoms with van der Waals surface area (Å²) in [6.07, 6.45) is 11.9. The maximum atomic E-state index is 12.2. The van der Waals surface area contributed by atoms with E-state index in [2.05, 4.69) is 34.3 Å². The van der Waals surface area contributed by atoms with Gasteiger partial charge >= 0.3 is 5.97 Å². The molecule has 2 bridgehead atoms. The lowest BCUT2D eigenvalue weighted by Gasteiger charge is -2.74. The van der Waals surface area contributed by atoms with Crippen molar-refractivity contribution < 1.29 is 19.4 Å². The highest BCUT2D eigenvalue weighted by Crippen LogP contribution is 2.77. The van der Waals surface area contributed by atoms with E-state index in [0.717, 1.165) is 43.4 Å². The van der Waals surface area contributed by atoms with Crippen LogP contribution >= 0.6 is 0 Å². The normalized spacial score (nSPS) is 53.3. The van der Waals surface area contributed by atoms with Crippen LogP contribution in [0.5, 0.6) is 0 Å². The Morgan fingerprint density at radius 2 is 1.74 bits per heavy atom. The van der Waals surface area contributed by atoms with Gasteiger partial charge in [0.15, 0.2) is 5.79 Å². The minimum absolute atomic E-state index is 0.160. The molecular formula is C30H44O4. The zero-order valence-corrected chi connectivity index (χ0v) is 21.9. The number of aliphatic hydroxyl groups is 1. The van der Waals surface area contributed by atoms with Gasteiger partial charge in [0.2, 0.25) is 0 Å². The average Bonchev–Trinajstić information content (AvgIpc) is 3.15. The Hall–Kier alpha value is -1.13. The summed E-state index contributed by atoms with van der Waals surface area (Å²) < 4.78 is 12.1. The number of fused-ring (bicyclic) bond motifs is 5. The minimum Gasteiger partial charge on any atom is -0.454 e. The van der Waals surface area contributed by atoms with Gasteiger partial charge in [0.25, 0.3) is 0 Å². The number of hydrogen-bond donors (Lipinski definition) is 1. The quantitative estimate of drug-likeness (QED) is 0.388. The van der Waals surface area contributed by atoms with Gasteiger partial charge in [-0.2, -0.15) is 0 Å². The molecule has 1 spiro atoms. The number of hydrogen-bond acceptors (Lipinski definition) is 4. The fourth-order valence-corrected chi connectivity index (χ4v) is 10.7. The molecule has 2 saturated heterocycles. The van der Waals surface area contributed by atoms with E-state index in [0.29, 0.717) is 23.7 Å². The molecule has 4 nitrogen and oxygen atoms in total. The van der Waals surface area contributed by atoms with Crippen LogP contribution in [0, 0.1) is 45.3 Å². The Kier molecular flexibility index (Phi) is 4.79. The summed E-state index contributed by atoms with van der Waals surface area (Å²) in [4.78, 5) is 12.2. The van der Waals surface area contributed by atoms with Crippen LogP contribution in [-0.2, 0) is 14.3 Å². The third-order valence-corrected chi connectivity index (χ3v) is 12.9. The van der Waals surface area contributed by atoms with Crippen LogP contribution in [0.4, 0.5) is 0 Å². The summed E-state index contributed by atoms with van der Waals surface area (Å²) in [6, 6.07) is 0. The maximum Gasteiger partial charge on any atom is 0.333 e. The Bertz CT molecular complexity index is 953. The number of carbonyl (C=O) groups excluding carboxylic acids is 1. The Balaban J connectivity index is 1.30. The van der Waals surface area contributed by atoms with E-state index in [-0.39, 0.29) is 33.7 Å². The van der Waals surface area contributed by atoms with Crippen molar-refractivity contribution in [1.29, 1.82) is 0 Å². The summed E-state index contributed by atoms with van der Waals surface area (Å²) in [5.41, 5.74) is 2.43. The van der Waals surface area contributed by atoms with Crippen molar-refractivity contribution in [1.82, 2.24) is 0 Å². The highest BCUT2D eigenvalue weighted by Gasteiger charge is 2.74. The molecule has 4 heteroatoms. The van der Waals surface area contributed by atoms with Crippen LogP contribution in [-0.4, -0.2) is 29.6 Å². The number of carbonyl (C=O) groups is 1. The van der Waals surface area contributed by atoms with Gasteiger partial charge in [-0.05, 0) is 91.9 Å². The Morgan fingerprint density at radius 1 is 1.00 bits per heavy atom. The number of cyclic esters (lactones) is 1. The molecule has 0 radical (unpaired) electrons. The van der Waals surface area contributed by atoms with Gasteiger partial charge in [-0.25, -0.2) is 4.79 Å². The van der Waals surface area contributed by atoms with Crippen LogP contribution in [0.2, 0.25) is 0 Å². The Morgan fingerprint density at radius 3 is 2.41 bits per heavy atom. The van der Waals surface area contributed by atoms with E-state index >= 15 is 0 Å². The first-order chi connectivity index (χ1) is 15.9. The lowest BCUT2D eigenvalue weighted by molar-refractivity contribution is -0.398. The fraction of sp³-hybridized carbons (Fsp3) is 0.833. The van der Waals surface area contributed by atoms with Crippen molar-refractivity contribution in [3.8, 4) is 0 Å². The first-order valence-electron chi connectivity index (χ1n) is 13.8. The highest BCUT2D eigenvalue weighted by molar-refractivity contribution is 5.88. The van der Waals surface area contributed by atoms with Crippen LogP contribution in [0.3, 0.4) is 0 Å². The lowest BCUT2D eigenvalue weighted by atomic mass is 9.34. The third kappa shape index (κ3) is 2.60. The second kappa shape index (κ2) is 7.00. The van der Waals surface area contributed by atoms with Gasteiger partial charge < -0.3 is 14.6 Å². The van der Waals surface area contributed by atoms with Crippen molar-refractivity contribution >= 4 is 5.97 Å². The zero-order valence-electron chi connectivity index (χ0n) is 21.9. The molecule has 7 aliphatic rings. The second-order valence-corrected chi connectivity index (χ2v) is 13.9. The van der Waals surface area contributed by atoms with Crippen molar-refractivity contribution in [2.24, 2.45) is 45.3 Å². The third-order valence-electron chi connectivity index (χ3n) is 12.9. The molecule has 0 aromatic carbocycles. The molecule has 4 aliphatic carbocycles. The molecular weight excluding hydrogens is 424 g/mol. The molecule has 34 heavy (non-hydrogen) atoms. The van der Waals surface area contributed by atoms with E-state index in [9.17, 15) is 9.90 Å². The SMILES string of the molecule is C=C(C1CC=C(C)C(=O)O1)C1CC[C@]2(C)C1CCC1[C@]34CC[C@](O)(OC3)C(C)(C)C4CC[C@]12C. The smallest absolute Gasteiger partial charge is 0.333 e.